The molecule has 2 aromatic rings. The molecule has 1 aromatic carbocycles. The first-order valence-corrected chi connectivity index (χ1v) is 5.92. The summed E-state index contributed by atoms with van der Waals surface area (Å²) >= 11 is 0. The number of likely N-dealkylation sites (N-methyl/N-ethyl adjacent to an activating group) is 1. The van der Waals surface area contributed by atoms with Crippen molar-refractivity contribution >= 4 is 22.8 Å². The first kappa shape index (κ1) is 13.1. The molecule has 0 unspecified atom stereocenters. The Kier molecular flexibility index (Phi) is 3.06. The van der Waals surface area contributed by atoms with Gasteiger partial charge in [-0.15, -0.1) is 0 Å². The molecule has 0 atom stereocenters. The number of nitrogens with one attached hydrogen (secondary N) is 1. The highest BCUT2D eigenvalue weighted by molar-refractivity contribution is 6.00. The van der Waals surface area contributed by atoms with Crippen LogP contribution in [0.25, 0.3) is 10.9 Å². The molecule has 5 heteroatoms. The molecule has 2 N–H and O–H groups in total. The number of hydrogen-bond donors (Lipinski definition) is 2. The van der Waals surface area contributed by atoms with Crippen LogP contribution in [0.4, 0.5) is 0 Å². The van der Waals surface area contributed by atoms with Crippen molar-refractivity contribution in [2.24, 2.45) is 0 Å². The lowest BCUT2D eigenvalue weighted by atomic mass is 10.0. The van der Waals surface area contributed by atoms with E-state index in [0.717, 1.165) is 10.9 Å². The van der Waals surface area contributed by atoms with Gasteiger partial charge in [0.15, 0.2) is 0 Å². The maximum Gasteiger partial charge on any atom is 0.329 e. The van der Waals surface area contributed by atoms with Crippen molar-refractivity contribution in [2.75, 3.05) is 7.05 Å². The summed E-state index contributed by atoms with van der Waals surface area (Å²) in [6.07, 6.45) is 1.80. The zero-order chi connectivity index (χ0) is 14.2. The van der Waals surface area contributed by atoms with Gasteiger partial charge in [0.25, 0.3) is 5.91 Å². The number of fused-ring (bicyclic) bond motifs is 1. The van der Waals surface area contributed by atoms with Gasteiger partial charge < -0.3 is 15.0 Å². The molecule has 0 fully saturated rings. The summed E-state index contributed by atoms with van der Waals surface area (Å²) in [7, 11) is 1.50. The third kappa shape index (κ3) is 2.19. The van der Waals surface area contributed by atoms with Crippen molar-refractivity contribution in [3.63, 3.8) is 0 Å². The van der Waals surface area contributed by atoms with Crippen molar-refractivity contribution < 1.29 is 14.7 Å². The molecule has 0 spiro atoms. The number of aromatic nitrogens is 1. The van der Waals surface area contributed by atoms with Crippen LogP contribution >= 0.6 is 0 Å². The normalized spacial score (nSPS) is 11.5. The van der Waals surface area contributed by atoms with E-state index in [-0.39, 0.29) is 5.91 Å². The third-order valence-electron chi connectivity index (χ3n) is 3.47. The summed E-state index contributed by atoms with van der Waals surface area (Å²) in [6.45, 7) is 3.00. The summed E-state index contributed by atoms with van der Waals surface area (Å²) in [5, 5.41) is 10.2. The van der Waals surface area contributed by atoms with E-state index in [1.165, 1.54) is 25.8 Å². The van der Waals surface area contributed by atoms with E-state index in [9.17, 15) is 9.59 Å². The quantitative estimate of drug-likeness (QED) is 0.887. The van der Waals surface area contributed by atoms with Crippen molar-refractivity contribution in [1.82, 2.24) is 9.88 Å². The zero-order valence-corrected chi connectivity index (χ0v) is 11.1. The lowest BCUT2D eigenvalue weighted by Crippen LogP contribution is -2.50. The molecule has 0 aliphatic heterocycles. The van der Waals surface area contributed by atoms with E-state index in [2.05, 4.69) is 4.98 Å². The van der Waals surface area contributed by atoms with Gasteiger partial charge in [0.1, 0.15) is 5.54 Å². The average Bonchev–Trinajstić information content (AvgIpc) is 2.83. The predicted molar refractivity (Wildman–Crippen MR) is 72.1 cm³/mol. The Morgan fingerprint density at radius 2 is 1.95 bits per heavy atom. The standard InChI is InChI=1S/C14H16N2O3/c1-14(2,13(18)19)16(3)12(17)10-5-4-9-6-7-15-11(9)8-10/h4-8,15H,1-3H3,(H,18,19). The summed E-state index contributed by atoms with van der Waals surface area (Å²) < 4.78 is 0. The first-order chi connectivity index (χ1) is 8.84. The van der Waals surface area contributed by atoms with Crippen LogP contribution in [0, 0.1) is 0 Å². The number of rotatable bonds is 3. The molecule has 0 bridgehead atoms. The van der Waals surface area contributed by atoms with Gasteiger partial charge in [-0.05, 0) is 37.4 Å². The lowest BCUT2D eigenvalue weighted by molar-refractivity contribution is -0.147. The molecule has 0 radical (unpaired) electrons. The van der Waals surface area contributed by atoms with Crippen LogP contribution in [0.1, 0.15) is 24.2 Å². The van der Waals surface area contributed by atoms with Crippen molar-refractivity contribution in [1.29, 1.82) is 0 Å². The SMILES string of the molecule is CN(C(=O)c1ccc2cc[nH]c2c1)C(C)(C)C(=O)O. The second kappa shape index (κ2) is 4.42. The number of aliphatic carboxylic acids is 1. The summed E-state index contributed by atoms with van der Waals surface area (Å²) in [4.78, 5) is 27.7. The van der Waals surface area contributed by atoms with Crippen LogP contribution in [0.3, 0.4) is 0 Å². The monoisotopic (exact) mass is 260 g/mol. The van der Waals surface area contributed by atoms with Crippen LogP contribution < -0.4 is 0 Å². The number of carbonyl (C=O) groups is 2. The van der Waals surface area contributed by atoms with E-state index in [1.807, 2.05) is 12.1 Å². The van der Waals surface area contributed by atoms with Gasteiger partial charge in [0.2, 0.25) is 0 Å². The van der Waals surface area contributed by atoms with Crippen LogP contribution in [0.15, 0.2) is 30.5 Å². The van der Waals surface area contributed by atoms with Gasteiger partial charge in [-0.2, -0.15) is 0 Å². The Morgan fingerprint density at radius 3 is 2.58 bits per heavy atom. The van der Waals surface area contributed by atoms with Gasteiger partial charge in [-0.25, -0.2) is 4.79 Å². The number of carboxylic acids is 1. The van der Waals surface area contributed by atoms with Crippen LogP contribution in [0.5, 0.6) is 0 Å². The Balaban J connectivity index is 2.35. The largest absolute Gasteiger partial charge is 0.480 e. The minimum atomic E-state index is -1.25. The van der Waals surface area contributed by atoms with Crippen molar-refractivity contribution in [3.8, 4) is 0 Å². The summed E-state index contributed by atoms with van der Waals surface area (Å²) in [6, 6.07) is 7.17. The molecule has 0 saturated carbocycles. The zero-order valence-electron chi connectivity index (χ0n) is 11.1. The number of aromatic amines is 1. The summed E-state index contributed by atoms with van der Waals surface area (Å²) in [5.74, 6) is -1.35. The minimum Gasteiger partial charge on any atom is -0.480 e. The Labute approximate surface area is 110 Å². The number of benzene rings is 1. The van der Waals surface area contributed by atoms with Crippen LogP contribution in [-0.4, -0.2) is 39.5 Å². The Hall–Kier alpha value is -2.30. The highest BCUT2D eigenvalue weighted by atomic mass is 16.4. The van der Waals surface area contributed by atoms with E-state index >= 15 is 0 Å². The molecule has 1 heterocycles. The first-order valence-electron chi connectivity index (χ1n) is 5.92. The molecule has 1 aromatic heterocycles. The fraction of sp³-hybridized carbons (Fsp3) is 0.286. The van der Waals surface area contributed by atoms with Gasteiger partial charge in [0, 0.05) is 24.3 Å². The predicted octanol–water partition coefficient (Wildman–Crippen LogP) is 2.10. The number of H-pyrrole nitrogens is 1. The smallest absolute Gasteiger partial charge is 0.329 e. The second-order valence-electron chi connectivity index (χ2n) is 5.01. The molecular weight excluding hydrogens is 244 g/mol. The maximum atomic E-state index is 12.3. The Morgan fingerprint density at radius 1 is 1.26 bits per heavy atom. The average molecular weight is 260 g/mol. The van der Waals surface area contributed by atoms with Crippen molar-refractivity contribution in [2.45, 2.75) is 19.4 Å². The molecule has 5 nitrogen and oxygen atoms in total. The number of carbonyl (C=O) groups excluding carboxylic acids is 1. The minimum absolute atomic E-state index is 0.316. The number of nitrogens with zero attached hydrogens (tertiary/aromatic N) is 1. The molecule has 1 amide bonds. The summed E-state index contributed by atoms with van der Waals surface area (Å²) in [5.41, 5.74) is 0.0704. The molecule has 19 heavy (non-hydrogen) atoms. The molecule has 0 aliphatic rings. The number of amides is 1. The van der Waals surface area contributed by atoms with Gasteiger partial charge in [0.05, 0.1) is 0 Å². The molecule has 2 rings (SSSR count). The van der Waals surface area contributed by atoms with E-state index in [1.54, 1.807) is 18.3 Å². The molecule has 0 saturated heterocycles. The fourth-order valence-electron chi connectivity index (χ4n) is 1.77. The van der Waals surface area contributed by atoms with E-state index in [0.29, 0.717) is 5.56 Å². The van der Waals surface area contributed by atoms with E-state index < -0.39 is 11.5 Å². The lowest BCUT2D eigenvalue weighted by Gasteiger charge is -2.31. The van der Waals surface area contributed by atoms with Gasteiger partial charge in [-0.1, -0.05) is 6.07 Å². The maximum absolute atomic E-state index is 12.3. The van der Waals surface area contributed by atoms with E-state index in [4.69, 9.17) is 5.11 Å². The third-order valence-corrected chi connectivity index (χ3v) is 3.47. The topological polar surface area (TPSA) is 73.4 Å². The second-order valence-corrected chi connectivity index (χ2v) is 5.01. The van der Waals surface area contributed by atoms with Crippen molar-refractivity contribution in [3.05, 3.63) is 36.0 Å². The molecule has 0 aliphatic carbocycles. The molecular formula is C14H16N2O3. The van der Waals surface area contributed by atoms with Gasteiger partial charge in [-0.3, -0.25) is 4.79 Å². The fourth-order valence-corrected chi connectivity index (χ4v) is 1.77. The van der Waals surface area contributed by atoms with Crippen LogP contribution in [-0.2, 0) is 4.79 Å². The van der Waals surface area contributed by atoms with Gasteiger partial charge >= 0.3 is 5.97 Å². The highest BCUT2D eigenvalue weighted by Crippen LogP contribution is 2.19. The molecule has 100 valence electrons. The van der Waals surface area contributed by atoms with Crippen LogP contribution in [0.2, 0.25) is 0 Å². The number of carboxylic acid groups (broad SMARTS) is 1. The number of hydrogen-bond acceptors (Lipinski definition) is 2. The highest BCUT2D eigenvalue weighted by Gasteiger charge is 2.35. The Bertz CT molecular complexity index is 643.